The predicted molar refractivity (Wildman–Crippen MR) is 128 cm³/mol. The maximum Gasteiger partial charge on any atom is 0.323 e. The van der Waals surface area contributed by atoms with Crippen LogP contribution < -0.4 is 10.2 Å². The second kappa shape index (κ2) is 9.71. The van der Waals surface area contributed by atoms with Crippen molar-refractivity contribution in [3.8, 4) is 5.75 Å². The van der Waals surface area contributed by atoms with E-state index in [1.807, 2.05) is 67.4 Å². The van der Waals surface area contributed by atoms with Crippen molar-refractivity contribution in [2.45, 2.75) is 33.0 Å². The Balaban J connectivity index is 1.40. The lowest BCUT2D eigenvalue weighted by molar-refractivity contribution is -0.137. The van der Waals surface area contributed by atoms with Crippen molar-refractivity contribution in [2.24, 2.45) is 0 Å². The molecule has 0 unspecified atom stereocenters. The molecule has 7 nitrogen and oxygen atoms in total. The molecule has 8 heteroatoms. The van der Waals surface area contributed by atoms with E-state index in [0.717, 1.165) is 35.3 Å². The van der Waals surface area contributed by atoms with E-state index in [4.69, 9.17) is 12.6 Å². The zero-order valence-electron chi connectivity index (χ0n) is 19.0. The van der Waals surface area contributed by atoms with E-state index < -0.39 is 5.97 Å². The molecule has 170 valence electrons. The minimum Gasteiger partial charge on any atom is -0.491 e. The molecule has 2 aromatic carbocycles. The third-order valence-corrected chi connectivity index (χ3v) is 5.82. The van der Waals surface area contributed by atoms with Gasteiger partial charge in [-0.15, -0.1) is 0 Å². The maximum atomic E-state index is 12.9. The summed E-state index contributed by atoms with van der Waals surface area (Å²) in [5, 5.41) is 10.3. The van der Waals surface area contributed by atoms with Crippen molar-refractivity contribution < 1.29 is 19.4 Å². The molecule has 1 amide bonds. The van der Waals surface area contributed by atoms with E-state index >= 15 is 0 Å². The van der Waals surface area contributed by atoms with Gasteiger partial charge in [-0.2, -0.15) is 0 Å². The molecular weight excluding hydrogens is 417 g/mol. The van der Waals surface area contributed by atoms with Crippen LogP contribution in [0, 0.1) is 0 Å². The number of aromatic nitrogens is 1. The van der Waals surface area contributed by atoms with Crippen LogP contribution in [0.4, 0.5) is 0 Å². The van der Waals surface area contributed by atoms with Gasteiger partial charge in [-0.05, 0) is 49.7 Å². The monoisotopic (exact) mass is 445 g/mol. The number of hydrogen-bond acceptors (Lipinski definition) is 4. The molecule has 3 aromatic rings. The fraction of sp³-hybridized carbons (Fsp3) is 0.360. The fourth-order valence-electron chi connectivity index (χ4n) is 4.27. The molecular formula is C25H28BN3O4. The molecule has 1 aliphatic heterocycles. The number of fused-ring (bicyclic) bond motifs is 1. The smallest absolute Gasteiger partial charge is 0.323 e. The van der Waals surface area contributed by atoms with E-state index in [-0.39, 0.29) is 18.6 Å². The van der Waals surface area contributed by atoms with Gasteiger partial charge >= 0.3 is 5.97 Å². The molecule has 0 spiro atoms. The van der Waals surface area contributed by atoms with Crippen LogP contribution in [-0.4, -0.2) is 71.5 Å². The van der Waals surface area contributed by atoms with Gasteiger partial charge in [0.05, 0.1) is 6.10 Å². The lowest BCUT2D eigenvalue weighted by Gasteiger charge is -2.34. The Hall–Kier alpha value is -3.26. The second-order valence-corrected chi connectivity index (χ2v) is 8.71. The Bertz CT molecular complexity index is 1150. The summed E-state index contributed by atoms with van der Waals surface area (Å²) in [7, 11) is 5.92. The molecule has 0 saturated carbocycles. The zero-order chi connectivity index (χ0) is 23.5. The number of piperazine rings is 1. The predicted octanol–water partition coefficient (Wildman–Crippen LogP) is 2.26. The standard InChI is InChI=1S/C25H28BN3O4/c1-17(2)33-21-6-3-18(4-7-21)25(32)28-11-9-27(10-12-28)14-19-15-29(16-24(30)31)23-13-20(26)5-8-22(19)23/h3-8,13,15,17H,9-12,14,16H2,1-2H3,(H,30,31). The Morgan fingerprint density at radius 2 is 1.76 bits per heavy atom. The highest BCUT2D eigenvalue weighted by Crippen LogP contribution is 2.23. The van der Waals surface area contributed by atoms with E-state index in [1.165, 1.54) is 0 Å². The first kappa shape index (κ1) is 22.9. The quantitative estimate of drug-likeness (QED) is 0.565. The van der Waals surface area contributed by atoms with Crippen LogP contribution in [-0.2, 0) is 17.9 Å². The maximum absolute atomic E-state index is 12.9. The summed E-state index contributed by atoms with van der Waals surface area (Å²) in [6.07, 6.45) is 1.99. The lowest BCUT2D eigenvalue weighted by Crippen LogP contribution is -2.48. The number of rotatable bonds is 7. The Morgan fingerprint density at radius 3 is 2.39 bits per heavy atom. The number of carbonyl (C=O) groups is 2. The third kappa shape index (κ3) is 5.39. The minimum atomic E-state index is -0.892. The average molecular weight is 445 g/mol. The molecule has 1 fully saturated rings. The SMILES string of the molecule is [B]c1ccc2c(CN3CCN(C(=O)c4ccc(OC(C)C)cc4)CC3)cn(CC(=O)O)c2c1. The van der Waals surface area contributed by atoms with Gasteiger partial charge < -0.3 is 19.3 Å². The largest absolute Gasteiger partial charge is 0.491 e. The molecule has 0 atom stereocenters. The summed E-state index contributed by atoms with van der Waals surface area (Å²) in [5.74, 6) is -0.105. The number of hydrogen-bond donors (Lipinski definition) is 1. The Morgan fingerprint density at radius 1 is 1.06 bits per heavy atom. The molecule has 33 heavy (non-hydrogen) atoms. The van der Waals surface area contributed by atoms with Gasteiger partial charge in [-0.1, -0.05) is 17.6 Å². The van der Waals surface area contributed by atoms with Crippen LogP contribution in [0.25, 0.3) is 10.9 Å². The molecule has 2 heterocycles. The normalized spacial score (nSPS) is 14.7. The summed E-state index contributed by atoms with van der Waals surface area (Å²) in [6.45, 7) is 7.31. The Labute approximate surface area is 195 Å². The summed E-state index contributed by atoms with van der Waals surface area (Å²) >= 11 is 0. The van der Waals surface area contributed by atoms with Crippen molar-refractivity contribution in [1.29, 1.82) is 0 Å². The number of nitrogens with zero attached hydrogens (tertiary/aromatic N) is 3. The molecule has 2 radical (unpaired) electrons. The third-order valence-electron chi connectivity index (χ3n) is 5.82. The van der Waals surface area contributed by atoms with Crippen LogP contribution >= 0.6 is 0 Å². The number of carbonyl (C=O) groups excluding carboxylic acids is 1. The second-order valence-electron chi connectivity index (χ2n) is 8.71. The van der Waals surface area contributed by atoms with Crippen molar-refractivity contribution in [1.82, 2.24) is 14.4 Å². The first-order chi connectivity index (χ1) is 15.8. The summed E-state index contributed by atoms with van der Waals surface area (Å²) in [6, 6.07) is 12.9. The van der Waals surface area contributed by atoms with Gasteiger partial charge in [0.1, 0.15) is 20.1 Å². The van der Waals surface area contributed by atoms with Gasteiger partial charge in [0.25, 0.3) is 5.91 Å². The highest BCUT2D eigenvalue weighted by Gasteiger charge is 2.23. The number of ether oxygens (including phenoxy) is 1. The first-order valence-electron chi connectivity index (χ1n) is 11.2. The van der Waals surface area contributed by atoms with Crippen molar-refractivity contribution in [2.75, 3.05) is 26.2 Å². The van der Waals surface area contributed by atoms with Crippen LogP contribution in [0.2, 0.25) is 0 Å². The summed E-state index contributed by atoms with van der Waals surface area (Å²) in [5.41, 5.74) is 3.15. The van der Waals surface area contributed by atoms with Crippen molar-refractivity contribution in [3.63, 3.8) is 0 Å². The number of amides is 1. The summed E-state index contributed by atoms with van der Waals surface area (Å²) in [4.78, 5) is 28.3. The molecule has 0 aliphatic carbocycles. The number of benzene rings is 2. The highest BCUT2D eigenvalue weighted by molar-refractivity contribution is 6.33. The summed E-state index contributed by atoms with van der Waals surface area (Å²) < 4.78 is 7.38. The van der Waals surface area contributed by atoms with E-state index in [0.29, 0.717) is 30.7 Å². The molecule has 4 rings (SSSR count). The average Bonchev–Trinajstić information content (AvgIpc) is 3.09. The molecule has 1 aromatic heterocycles. The minimum absolute atomic E-state index is 0.0271. The molecule has 1 saturated heterocycles. The highest BCUT2D eigenvalue weighted by atomic mass is 16.5. The molecule has 1 aliphatic rings. The van der Waals surface area contributed by atoms with Gasteiger partial charge in [0.2, 0.25) is 0 Å². The van der Waals surface area contributed by atoms with Gasteiger partial charge in [-0.3, -0.25) is 14.5 Å². The number of aliphatic carboxylic acids is 1. The zero-order valence-corrected chi connectivity index (χ0v) is 19.0. The Kier molecular flexibility index (Phi) is 6.74. The van der Waals surface area contributed by atoms with Gasteiger partial charge in [-0.25, -0.2) is 0 Å². The van der Waals surface area contributed by atoms with E-state index in [1.54, 1.807) is 4.57 Å². The van der Waals surface area contributed by atoms with Crippen molar-refractivity contribution >= 4 is 36.1 Å². The van der Waals surface area contributed by atoms with Crippen LogP contribution in [0.1, 0.15) is 29.8 Å². The lowest BCUT2D eigenvalue weighted by atomic mass is 9.95. The first-order valence-corrected chi connectivity index (χ1v) is 11.2. The fourth-order valence-corrected chi connectivity index (χ4v) is 4.27. The number of carboxylic acid groups (broad SMARTS) is 1. The van der Waals surface area contributed by atoms with Crippen LogP contribution in [0.5, 0.6) is 5.75 Å². The van der Waals surface area contributed by atoms with Crippen LogP contribution in [0.3, 0.4) is 0 Å². The van der Waals surface area contributed by atoms with Crippen molar-refractivity contribution in [3.05, 3.63) is 59.8 Å². The number of carboxylic acids is 1. The van der Waals surface area contributed by atoms with Gasteiger partial charge in [0, 0.05) is 55.4 Å². The molecule has 0 bridgehead atoms. The molecule has 1 N–H and O–H groups in total. The topological polar surface area (TPSA) is 75.0 Å². The van der Waals surface area contributed by atoms with E-state index in [9.17, 15) is 14.7 Å². The van der Waals surface area contributed by atoms with E-state index in [2.05, 4.69) is 4.90 Å². The van der Waals surface area contributed by atoms with Crippen LogP contribution in [0.15, 0.2) is 48.7 Å². The van der Waals surface area contributed by atoms with Gasteiger partial charge in [0.15, 0.2) is 0 Å².